The molecule has 0 bridgehead atoms. The van der Waals surface area contributed by atoms with Crippen molar-refractivity contribution in [1.82, 2.24) is 15.6 Å². The van der Waals surface area contributed by atoms with E-state index in [0.29, 0.717) is 5.56 Å². The molecule has 1 unspecified atom stereocenters. The molecule has 1 rings (SSSR count). The quantitative estimate of drug-likeness (QED) is 0.360. The van der Waals surface area contributed by atoms with Crippen LogP contribution in [0, 0.1) is 5.82 Å². The Hall–Kier alpha value is -0.780. The van der Waals surface area contributed by atoms with Crippen molar-refractivity contribution in [3.05, 3.63) is 29.8 Å². The summed E-state index contributed by atoms with van der Waals surface area (Å²) < 4.78 is 12.9. The molecule has 0 aliphatic carbocycles. The van der Waals surface area contributed by atoms with Crippen molar-refractivity contribution in [1.29, 1.82) is 0 Å². The average molecular weight is 234 g/mol. The van der Waals surface area contributed by atoms with Crippen LogP contribution in [-0.2, 0) is 0 Å². The Bertz CT molecular complexity index is 334. The molecule has 3 nitrogen and oxygen atoms in total. The van der Waals surface area contributed by atoms with E-state index < -0.39 is 5.82 Å². The topological polar surface area (TPSA) is 37.0 Å². The Morgan fingerprint density at radius 1 is 1.64 bits per heavy atom. The first-order valence-electron chi connectivity index (χ1n) is 3.87. The van der Waals surface area contributed by atoms with Crippen molar-refractivity contribution in [2.75, 3.05) is 7.05 Å². The van der Waals surface area contributed by atoms with Gasteiger partial charge in [0.2, 0.25) is 0 Å². The zero-order valence-electron chi connectivity index (χ0n) is 7.42. The Labute approximate surface area is 91.7 Å². The number of aromatic nitrogens is 1. The maximum Gasteiger partial charge on any atom is 0.168 e. The lowest BCUT2D eigenvalue weighted by Crippen LogP contribution is -2.33. The summed E-state index contributed by atoms with van der Waals surface area (Å²) in [7, 11) is 1.71. The Morgan fingerprint density at radius 2 is 2.36 bits per heavy atom. The summed E-state index contributed by atoms with van der Waals surface area (Å²) in [6, 6.07) is 1.36. The van der Waals surface area contributed by atoms with E-state index in [1.165, 1.54) is 12.3 Å². The maximum absolute atomic E-state index is 12.8. The summed E-state index contributed by atoms with van der Waals surface area (Å²) in [5.74, 6) is -0.398. The third-order valence-electron chi connectivity index (χ3n) is 1.61. The van der Waals surface area contributed by atoms with E-state index in [4.69, 9.17) is 11.6 Å². The third kappa shape index (κ3) is 3.17. The molecule has 0 saturated carbocycles. The lowest BCUT2D eigenvalue weighted by molar-refractivity contribution is 0.552. The summed E-state index contributed by atoms with van der Waals surface area (Å²) in [6.45, 7) is 0. The highest BCUT2D eigenvalue weighted by Crippen LogP contribution is 2.09. The number of halogens is 2. The van der Waals surface area contributed by atoms with Crippen LogP contribution in [0.3, 0.4) is 0 Å². The molecule has 1 heterocycles. The molecule has 0 amide bonds. The maximum atomic E-state index is 12.8. The second kappa shape index (κ2) is 5.19. The molecule has 0 aliphatic rings. The first-order valence-corrected chi connectivity index (χ1v) is 4.66. The summed E-state index contributed by atoms with van der Waals surface area (Å²) in [5.41, 5.74) is 0.635. The number of pyridine rings is 1. The van der Waals surface area contributed by atoms with E-state index in [2.05, 4.69) is 27.8 Å². The van der Waals surface area contributed by atoms with Crippen molar-refractivity contribution in [2.24, 2.45) is 0 Å². The number of thiocarbonyl (C=S) groups is 1. The smallest absolute Gasteiger partial charge is 0.168 e. The van der Waals surface area contributed by atoms with Gasteiger partial charge in [0, 0.05) is 11.8 Å². The predicted molar refractivity (Wildman–Crippen MR) is 57.6 cm³/mol. The van der Waals surface area contributed by atoms with Gasteiger partial charge in [-0.3, -0.25) is 10.3 Å². The highest BCUT2D eigenvalue weighted by molar-refractivity contribution is 7.83. The number of nitrogens with zero attached hydrogens (tertiary/aromatic N) is 1. The molecule has 0 aromatic carbocycles. The van der Waals surface area contributed by atoms with Crippen LogP contribution in [-0.4, -0.2) is 16.5 Å². The average Bonchev–Trinajstić information content (AvgIpc) is 2.14. The number of hydrogen-bond acceptors (Lipinski definition) is 3. The molecule has 1 aromatic rings. The van der Waals surface area contributed by atoms with E-state index >= 15 is 0 Å². The van der Waals surface area contributed by atoms with Gasteiger partial charge in [0.05, 0.1) is 6.20 Å². The highest BCUT2D eigenvalue weighted by Gasteiger charge is 2.10. The van der Waals surface area contributed by atoms with Crippen molar-refractivity contribution in [2.45, 2.75) is 6.17 Å². The summed E-state index contributed by atoms with van der Waals surface area (Å²) in [5, 5.41) is 5.64. The SMILES string of the molecule is CNC(NC(=S)Cl)c1cncc(F)c1. The van der Waals surface area contributed by atoms with Crippen LogP contribution in [0.2, 0.25) is 0 Å². The Morgan fingerprint density at radius 3 is 2.86 bits per heavy atom. The number of hydrogen-bond donors (Lipinski definition) is 2. The van der Waals surface area contributed by atoms with Crippen LogP contribution < -0.4 is 10.6 Å². The molecule has 0 aliphatic heterocycles. The first kappa shape index (κ1) is 11.3. The molecule has 0 radical (unpaired) electrons. The van der Waals surface area contributed by atoms with E-state index in [-0.39, 0.29) is 10.6 Å². The van der Waals surface area contributed by atoms with Crippen molar-refractivity contribution < 1.29 is 4.39 Å². The Kier molecular flexibility index (Phi) is 4.19. The molecular formula is C8H9ClFN3S. The summed E-state index contributed by atoms with van der Waals surface area (Å²) in [6.07, 6.45) is 2.34. The zero-order valence-corrected chi connectivity index (χ0v) is 8.99. The standard InChI is InChI=1S/C8H9ClFN3S/c1-11-7(13-8(9)14)5-2-6(10)4-12-3-5/h2-4,7,11H,1H3,(H,13,14). The van der Waals surface area contributed by atoms with Gasteiger partial charge in [-0.15, -0.1) is 0 Å². The minimum atomic E-state index is -0.398. The largest absolute Gasteiger partial charge is 0.347 e. The molecule has 14 heavy (non-hydrogen) atoms. The fourth-order valence-electron chi connectivity index (χ4n) is 1.02. The summed E-state index contributed by atoms with van der Waals surface area (Å²) in [4.78, 5) is 3.72. The van der Waals surface area contributed by atoms with E-state index in [1.807, 2.05) is 0 Å². The van der Waals surface area contributed by atoms with E-state index in [0.717, 1.165) is 6.20 Å². The van der Waals surface area contributed by atoms with Crippen molar-refractivity contribution >= 4 is 28.3 Å². The fraction of sp³-hybridized carbons (Fsp3) is 0.250. The van der Waals surface area contributed by atoms with Gasteiger partial charge in [-0.25, -0.2) is 4.39 Å². The van der Waals surface area contributed by atoms with Crippen molar-refractivity contribution in [3.63, 3.8) is 0 Å². The van der Waals surface area contributed by atoms with Gasteiger partial charge < -0.3 is 5.32 Å². The van der Waals surface area contributed by atoms with Gasteiger partial charge in [0.25, 0.3) is 0 Å². The molecular weight excluding hydrogens is 225 g/mol. The monoisotopic (exact) mass is 233 g/mol. The fourth-order valence-corrected chi connectivity index (χ4v) is 1.25. The van der Waals surface area contributed by atoms with Crippen LogP contribution in [0.15, 0.2) is 18.5 Å². The second-order valence-corrected chi connectivity index (χ2v) is 3.59. The molecule has 1 aromatic heterocycles. The molecule has 0 spiro atoms. The van der Waals surface area contributed by atoms with Crippen LogP contribution in [0.25, 0.3) is 0 Å². The van der Waals surface area contributed by atoms with E-state index in [1.54, 1.807) is 7.05 Å². The Balaban J connectivity index is 2.83. The number of nitrogens with one attached hydrogen (secondary N) is 2. The minimum absolute atomic E-state index is 0.119. The minimum Gasteiger partial charge on any atom is -0.347 e. The molecule has 6 heteroatoms. The van der Waals surface area contributed by atoms with Gasteiger partial charge in [-0.2, -0.15) is 0 Å². The van der Waals surface area contributed by atoms with Crippen LogP contribution >= 0.6 is 23.8 Å². The van der Waals surface area contributed by atoms with Crippen molar-refractivity contribution in [3.8, 4) is 0 Å². The zero-order chi connectivity index (χ0) is 10.6. The van der Waals surface area contributed by atoms with Crippen LogP contribution in [0.4, 0.5) is 4.39 Å². The molecule has 76 valence electrons. The molecule has 0 saturated heterocycles. The second-order valence-electron chi connectivity index (χ2n) is 2.58. The van der Waals surface area contributed by atoms with E-state index in [9.17, 15) is 4.39 Å². The van der Waals surface area contributed by atoms with Gasteiger partial charge in [0.15, 0.2) is 4.45 Å². The number of rotatable bonds is 3. The van der Waals surface area contributed by atoms with Gasteiger partial charge >= 0.3 is 0 Å². The van der Waals surface area contributed by atoms with Crippen LogP contribution in [0.1, 0.15) is 11.7 Å². The molecule has 0 fully saturated rings. The lowest BCUT2D eigenvalue weighted by atomic mass is 10.2. The predicted octanol–water partition coefficient (Wildman–Crippen LogP) is 1.55. The normalized spacial score (nSPS) is 12.2. The van der Waals surface area contributed by atoms with Crippen LogP contribution in [0.5, 0.6) is 0 Å². The van der Waals surface area contributed by atoms with Gasteiger partial charge in [-0.05, 0) is 25.3 Å². The summed E-state index contributed by atoms with van der Waals surface area (Å²) >= 11 is 10.2. The first-order chi connectivity index (χ1) is 6.63. The van der Waals surface area contributed by atoms with Gasteiger partial charge in [0.1, 0.15) is 12.0 Å². The third-order valence-corrected chi connectivity index (χ3v) is 1.83. The lowest BCUT2D eigenvalue weighted by Gasteiger charge is -2.17. The van der Waals surface area contributed by atoms with Gasteiger partial charge in [-0.1, -0.05) is 11.6 Å². The molecule has 1 atom stereocenters. The molecule has 2 N–H and O–H groups in total. The highest BCUT2D eigenvalue weighted by atomic mass is 35.5.